The molecule has 0 radical (unpaired) electrons. The minimum atomic E-state index is -2.24. The van der Waals surface area contributed by atoms with E-state index < -0.39 is 40.4 Å². The van der Waals surface area contributed by atoms with Crippen LogP contribution in [0, 0.1) is 0 Å². The summed E-state index contributed by atoms with van der Waals surface area (Å²) in [6.07, 6.45) is -3.61. The van der Waals surface area contributed by atoms with Crippen LogP contribution in [0.15, 0.2) is 4.36 Å². The van der Waals surface area contributed by atoms with E-state index in [-0.39, 0.29) is 6.10 Å². The molecule has 0 spiro atoms. The van der Waals surface area contributed by atoms with Crippen molar-refractivity contribution in [3.63, 3.8) is 0 Å². The summed E-state index contributed by atoms with van der Waals surface area (Å²) in [5.41, 5.74) is 0. The predicted molar refractivity (Wildman–Crippen MR) is 81.9 cm³/mol. The third-order valence-corrected chi connectivity index (χ3v) is 6.45. The van der Waals surface area contributed by atoms with Gasteiger partial charge in [-0.1, -0.05) is 0 Å². The van der Waals surface area contributed by atoms with Gasteiger partial charge in [0.2, 0.25) is 0 Å². The summed E-state index contributed by atoms with van der Waals surface area (Å²) >= 11 is 0. The number of aliphatic hydroxyl groups is 3. The van der Waals surface area contributed by atoms with Crippen LogP contribution in [0.25, 0.3) is 0 Å². The second-order valence-electron chi connectivity index (χ2n) is 6.23. The van der Waals surface area contributed by atoms with Gasteiger partial charge in [-0.2, -0.15) is 0 Å². The number of aliphatic hydroxyl groups excluding tert-OH is 3. The number of hydrogen-bond acceptors (Lipinski definition) is 7. The average Bonchev–Trinajstić information content (AvgIpc) is 2.47. The van der Waals surface area contributed by atoms with E-state index in [2.05, 4.69) is 4.36 Å². The Balaban J connectivity index is 1.99. The average molecular weight is 337 g/mol. The van der Waals surface area contributed by atoms with Gasteiger partial charge in [-0.15, -0.1) is 0 Å². The van der Waals surface area contributed by atoms with Crippen molar-refractivity contribution in [3.8, 4) is 0 Å². The van der Waals surface area contributed by atoms with Crippen molar-refractivity contribution in [2.24, 2.45) is 4.36 Å². The van der Waals surface area contributed by atoms with E-state index in [1.807, 2.05) is 0 Å². The van der Waals surface area contributed by atoms with Crippen LogP contribution in [0.3, 0.4) is 0 Å². The highest BCUT2D eigenvalue weighted by molar-refractivity contribution is 7.93. The minimum absolute atomic E-state index is 0.187. The van der Waals surface area contributed by atoms with Gasteiger partial charge in [0.05, 0.1) is 12.2 Å². The van der Waals surface area contributed by atoms with E-state index in [1.54, 1.807) is 13.8 Å². The third kappa shape index (κ3) is 4.39. The summed E-state index contributed by atoms with van der Waals surface area (Å²) in [4.78, 5) is 0. The lowest BCUT2D eigenvalue weighted by molar-refractivity contribution is -0.304. The van der Waals surface area contributed by atoms with Gasteiger partial charge in [-0.25, -0.2) is 8.57 Å². The Kier molecular flexibility index (Phi) is 6.21. The fraction of sp³-hybridized carbons (Fsp3) is 1.00. The monoisotopic (exact) mass is 337 g/mol. The Morgan fingerprint density at radius 1 is 1.23 bits per heavy atom. The molecule has 130 valence electrons. The standard InChI is InChI=1S/C14H27NO6S/c1-9(2)20-14-13(18)12(17)11(16)10(21-14)5-8-22(19)7-4-3-6-15-22/h9-14,16-18H,3-8H2,1-2H3/t10-,11-,12+,13+,14+,22?/m1/s1. The summed E-state index contributed by atoms with van der Waals surface area (Å²) in [7, 11) is -2.24. The van der Waals surface area contributed by atoms with Crippen molar-refractivity contribution in [1.82, 2.24) is 0 Å². The zero-order valence-corrected chi connectivity index (χ0v) is 13.9. The first kappa shape index (κ1) is 18.1. The van der Waals surface area contributed by atoms with Gasteiger partial charge in [0.25, 0.3) is 0 Å². The molecule has 0 saturated carbocycles. The molecule has 2 aliphatic rings. The lowest BCUT2D eigenvalue weighted by Gasteiger charge is -2.41. The van der Waals surface area contributed by atoms with Crippen LogP contribution >= 0.6 is 0 Å². The summed E-state index contributed by atoms with van der Waals surface area (Å²) < 4.78 is 27.7. The summed E-state index contributed by atoms with van der Waals surface area (Å²) in [5.74, 6) is 0.902. The second kappa shape index (κ2) is 7.55. The largest absolute Gasteiger partial charge is 0.388 e. The molecular weight excluding hydrogens is 310 g/mol. The van der Waals surface area contributed by atoms with E-state index in [4.69, 9.17) is 9.47 Å². The van der Waals surface area contributed by atoms with Crippen molar-refractivity contribution in [3.05, 3.63) is 0 Å². The van der Waals surface area contributed by atoms with Crippen molar-refractivity contribution < 1.29 is 29.0 Å². The van der Waals surface area contributed by atoms with E-state index in [9.17, 15) is 19.5 Å². The minimum Gasteiger partial charge on any atom is -0.388 e. The van der Waals surface area contributed by atoms with Crippen LogP contribution in [0.5, 0.6) is 0 Å². The number of hydrogen-bond donors (Lipinski definition) is 3. The normalized spacial score (nSPS) is 43.1. The third-order valence-electron chi connectivity index (χ3n) is 3.99. The Hall–Kier alpha value is -0.250. The second-order valence-corrected chi connectivity index (χ2v) is 8.85. The van der Waals surface area contributed by atoms with E-state index in [1.165, 1.54) is 0 Å². The molecule has 1 saturated heterocycles. The van der Waals surface area contributed by atoms with Gasteiger partial charge >= 0.3 is 0 Å². The molecule has 1 unspecified atom stereocenters. The van der Waals surface area contributed by atoms with Crippen LogP contribution in [0.4, 0.5) is 0 Å². The first-order valence-corrected chi connectivity index (χ1v) is 9.71. The van der Waals surface area contributed by atoms with Gasteiger partial charge in [0.1, 0.15) is 18.3 Å². The smallest absolute Gasteiger partial charge is 0.186 e. The number of ether oxygens (including phenoxy) is 2. The quantitative estimate of drug-likeness (QED) is 0.645. The van der Waals surface area contributed by atoms with Crippen molar-refractivity contribution in [2.75, 3.05) is 18.1 Å². The maximum Gasteiger partial charge on any atom is 0.186 e. The highest BCUT2D eigenvalue weighted by Crippen LogP contribution is 2.26. The van der Waals surface area contributed by atoms with Crippen LogP contribution in [0.2, 0.25) is 0 Å². The molecule has 3 N–H and O–H groups in total. The first-order chi connectivity index (χ1) is 10.3. The predicted octanol–water partition coefficient (Wildman–Crippen LogP) is -0.129. The summed E-state index contributed by atoms with van der Waals surface area (Å²) in [6, 6.07) is 0. The van der Waals surface area contributed by atoms with Gasteiger partial charge in [-0.05, 0) is 33.1 Å². The maximum atomic E-state index is 12.5. The molecule has 2 aliphatic heterocycles. The lowest BCUT2D eigenvalue weighted by atomic mass is 9.97. The maximum absolute atomic E-state index is 12.5. The number of rotatable bonds is 5. The topological polar surface area (TPSA) is 109 Å². The number of nitrogens with zero attached hydrogens (tertiary/aromatic N) is 1. The Bertz CT molecular complexity index is 476. The molecule has 22 heavy (non-hydrogen) atoms. The van der Waals surface area contributed by atoms with Crippen LogP contribution < -0.4 is 0 Å². The zero-order chi connectivity index (χ0) is 16.3. The van der Waals surface area contributed by atoms with Gasteiger partial charge < -0.3 is 24.8 Å². The van der Waals surface area contributed by atoms with Crippen LogP contribution in [-0.2, 0) is 19.2 Å². The van der Waals surface area contributed by atoms with Crippen LogP contribution in [-0.4, -0.2) is 74.4 Å². The first-order valence-electron chi connectivity index (χ1n) is 7.86. The Morgan fingerprint density at radius 2 is 1.95 bits per heavy atom. The fourth-order valence-electron chi connectivity index (χ4n) is 2.74. The van der Waals surface area contributed by atoms with E-state index in [0.29, 0.717) is 24.5 Å². The Labute approximate surface area is 131 Å². The lowest BCUT2D eigenvalue weighted by Crippen LogP contribution is -2.58. The summed E-state index contributed by atoms with van der Waals surface area (Å²) in [6.45, 7) is 4.20. The molecule has 0 bridgehead atoms. The molecule has 7 nitrogen and oxygen atoms in total. The van der Waals surface area contributed by atoms with Crippen LogP contribution in [0.1, 0.15) is 33.1 Å². The molecule has 0 amide bonds. The molecule has 8 heteroatoms. The van der Waals surface area contributed by atoms with Crippen molar-refractivity contribution in [1.29, 1.82) is 0 Å². The molecule has 0 aromatic carbocycles. The summed E-state index contributed by atoms with van der Waals surface area (Å²) in [5, 5.41) is 29.9. The molecule has 0 aromatic rings. The highest BCUT2D eigenvalue weighted by Gasteiger charge is 2.44. The molecule has 6 atom stereocenters. The molecular formula is C14H27NO6S. The Morgan fingerprint density at radius 3 is 2.55 bits per heavy atom. The molecule has 1 fully saturated rings. The van der Waals surface area contributed by atoms with Gasteiger partial charge in [0.15, 0.2) is 6.29 Å². The molecule has 2 rings (SSSR count). The molecule has 0 aromatic heterocycles. The van der Waals surface area contributed by atoms with Crippen molar-refractivity contribution >= 4 is 9.73 Å². The van der Waals surface area contributed by atoms with E-state index in [0.717, 1.165) is 12.8 Å². The van der Waals surface area contributed by atoms with Gasteiger partial charge in [-0.3, -0.25) is 0 Å². The molecule has 0 aliphatic carbocycles. The van der Waals surface area contributed by atoms with Crippen molar-refractivity contribution in [2.45, 2.75) is 69.9 Å². The molecule has 2 heterocycles. The van der Waals surface area contributed by atoms with Gasteiger partial charge in [0, 0.05) is 27.8 Å². The zero-order valence-electron chi connectivity index (χ0n) is 13.1. The SMILES string of the molecule is CC(C)O[C@H]1O[C@H](CCS2(=O)=NCCCC2)[C@@H](O)[C@H](O)[C@@H]1O. The fourth-order valence-corrected chi connectivity index (χ4v) is 4.92. The highest BCUT2D eigenvalue weighted by atomic mass is 32.2. The van der Waals surface area contributed by atoms with E-state index >= 15 is 0 Å².